The van der Waals surface area contributed by atoms with E-state index in [4.69, 9.17) is 0 Å². The van der Waals surface area contributed by atoms with Crippen LogP contribution in [0.3, 0.4) is 0 Å². The second-order valence-electron chi connectivity index (χ2n) is 5.43. The highest BCUT2D eigenvalue weighted by Crippen LogP contribution is 2.36. The first-order chi connectivity index (χ1) is 11.4. The molecule has 1 aliphatic heterocycles. The van der Waals surface area contributed by atoms with Crippen LogP contribution in [0.2, 0.25) is 0 Å². The summed E-state index contributed by atoms with van der Waals surface area (Å²) in [5, 5.41) is 4.51. The number of amides is 4. The van der Waals surface area contributed by atoms with Crippen molar-refractivity contribution in [3.63, 3.8) is 0 Å². The maximum Gasteiger partial charge on any atom is 0.327 e. The van der Waals surface area contributed by atoms with Crippen molar-refractivity contribution >= 4 is 41.1 Å². The van der Waals surface area contributed by atoms with Crippen LogP contribution in [0.25, 0.3) is 0 Å². The molecule has 9 heteroatoms. The van der Waals surface area contributed by atoms with Gasteiger partial charge in [-0.2, -0.15) is 0 Å². The summed E-state index contributed by atoms with van der Waals surface area (Å²) in [5.74, 6) is -2.65. The second kappa shape index (κ2) is 7.82. The number of fused-ring (bicyclic) bond motifs is 1. The molecule has 4 amide bonds. The first-order valence-corrected chi connectivity index (χ1v) is 8.21. The number of thioether (sulfide) groups is 1. The van der Waals surface area contributed by atoms with Crippen LogP contribution in [-0.4, -0.2) is 34.9 Å². The van der Waals surface area contributed by atoms with Crippen LogP contribution < -0.4 is 21.5 Å². The lowest BCUT2D eigenvalue weighted by atomic mass is 10.2. The van der Waals surface area contributed by atoms with Crippen molar-refractivity contribution in [3.05, 3.63) is 24.3 Å². The summed E-state index contributed by atoms with van der Waals surface area (Å²) in [6.45, 7) is 3.42. The smallest absolute Gasteiger partial charge is 0.327 e. The molecule has 0 unspecified atom stereocenters. The molecule has 0 aromatic heterocycles. The van der Waals surface area contributed by atoms with Crippen molar-refractivity contribution in [3.8, 4) is 0 Å². The van der Waals surface area contributed by atoms with Crippen LogP contribution in [0.15, 0.2) is 29.2 Å². The van der Waals surface area contributed by atoms with E-state index in [1.165, 1.54) is 11.8 Å². The fourth-order valence-corrected chi connectivity index (χ4v) is 3.07. The average Bonchev–Trinajstić information content (AvgIpc) is 2.52. The third kappa shape index (κ3) is 4.72. The number of benzene rings is 1. The van der Waals surface area contributed by atoms with Crippen molar-refractivity contribution in [1.82, 2.24) is 16.2 Å². The summed E-state index contributed by atoms with van der Waals surface area (Å²) in [6, 6.07) is 7.09. The first kappa shape index (κ1) is 17.8. The number of para-hydroxylation sites is 1. The SMILES string of the molecule is CC(C)NC(=O)C(=O)NNC(=O)C[C@@H]1Sc2ccccc2NC1=O. The van der Waals surface area contributed by atoms with E-state index in [0.29, 0.717) is 5.69 Å². The molecule has 0 fully saturated rings. The van der Waals surface area contributed by atoms with Gasteiger partial charge < -0.3 is 10.6 Å². The number of nitrogens with one attached hydrogen (secondary N) is 4. The van der Waals surface area contributed by atoms with Crippen molar-refractivity contribution in [2.24, 2.45) is 0 Å². The van der Waals surface area contributed by atoms with Gasteiger partial charge in [0, 0.05) is 17.4 Å². The largest absolute Gasteiger partial charge is 0.346 e. The molecule has 4 N–H and O–H groups in total. The zero-order chi connectivity index (χ0) is 17.7. The summed E-state index contributed by atoms with van der Waals surface area (Å²) in [5.41, 5.74) is 4.87. The standard InChI is InChI=1S/C15H18N4O4S/c1-8(2)16-14(22)15(23)19-18-12(20)7-11-13(21)17-9-5-3-4-6-10(9)24-11/h3-6,8,11H,7H2,1-2H3,(H,16,22)(H,17,21)(H,18,20)(H,19,23)/t11-/m0/s1. The predicted molar refractivity (Wildman–Crippen MR) is 88.9 cm³/mol. The molecular weight excluding hydrogens is 332 g/mol. The van der Waals surface area contributed by atoms with E-state index < -0.39 is 23.0 Å². The van der Waals surface area contributed by atoms with Gasteiger partial charge in [-0.3, -0.25) is 30.0 Å². The van der Waals surface area contributed by atoms with Gasteiger partial charge >= 0.3 is 11.8 Å². The molecule has 128 valence electrons. The molecule has 0 bridgehead atoms. The molecule has 2 rings (SSSR count). The fraction of sp³-hybridized carbons (Fsp3) is 0.333. The summed E-state index contributed by atoms with van der Waals surface area (Å²) in [4.78, 5) is 47.6. The van der Waals surface area contributed by atoms with Gasteiger partial charge in [0.05, 0.1) is 10.9 Å². The third-order valence-corrected chi connectivity index (χ3v) is 4.29. The van der Waals surface area contributed by atoms with E-state index in [1.807, 2.05) is 23.6 Å². The Balaban J connectivity index is 1.84. The molecule has 1 aromatic carbocycles. The Bertz CT molecular complexity index is 677. The molecule has 1 aromatic rings. The molecule has 1 aliphatic rings. The molecule has 1 atom stereocenters. The lowest BCUT2D eigenvalue weighted by Gasteiger charge is -2.23. The van der Waals surface area contributed by atoms with Crippen molar-refractivity contribution in [1.29, 1.82) is 0 Å². The normalized spacial score (nSPS) is 16.0. The second-order valence-corrected chi connectivity index (χ2v) is 6.67. The first-order valence-electron chi connectivity index (χ1n) is 7.33. The summed E-state index contributed by atoms with van der Waals surface area (Å²) in [6.07, 6.45) is -0.128. The molecule has 8 nitrogen and oxygen atoms in total. The zero-order valence-corrected chi connectivity index (χ0v) is 14.0. The highest BCUT2D eigenvalue weighted by molar-refractivity contribution is 8.01. The Kier molecular flexibility index (Phi) is 5.80. The van der Waals surface area contributed by atoms with Crippen molar-refractivity contribution in [2.75, 3.05) is 5.32 Å². The van der Waals surface area contributed by atoms with Crippen LogP contribution >= 0.6 is 11.8 Å². The molecule has 24 heavy (non-hydrogen) atoms. The summed E-state index contributed by atoms with van der Waals surface area (Å²) < 4.78 is 0. The van der Waals surface area contributed by atoms with Gasteiger partial charge in [0.15, 0.2) is 0 Å². The number of hydrogen-bond acceptors (Lipinski definition) is 5. The van der Waals surface area contributed by atoms with Crippen LogP contribution in [0.5, 0.6) is 0 Å². The molecule has 0 saturated heterocycles. The molecule has 0 aliphatic carbocycles. The van der Waals surface area contributed by atoms with Crippen molar-refractivity contribution < 1.29 is 19.2 Å². The molecule has 1 heterocycles. The van der Waals surface area contributed by atoms with E-state index in [-0.39, 0.29) is 18.4 Å². The number of carbonyl (C=O) groups is 4. The monoisotopic (exact) mass is 350 g/mol. The predicted octanol–water partition coefficient (Wildman–Crippen LogP) is 0.161. The number of hydrogen-bond donors (Lipinski definition) is 4. The minimum absolute atomic E-state index is 0.128. The fourth-order valence-electron chi connectivity index (χ4n) is 1.96. The molecule has 0 radical (unpaired) electrons. The summed E-state index contributed by atoms with van der Waals surface area (Å²) in [7, 11) is 0. The lowest BCUT2D eigenvalue weighted by molar-refractivity contribution is -0.141. The van der Waals surface area contributed by atoms with Crippen LogP contribution in [0.4, 0.5) is 5.69 Å². The van der Waals surface area contributed by atoms with Gasteiger partial charge in [0.2, 0.25) is 11.8 Å². The van der Waals surface area contributed by atoms with E-state index in [0.717, 1.165) is 4.90 Å². The minimum Gasteiger partial charge on any atom is -0.346 e. The highest BCUT2D eigenvalue weighted by atomic mass is 32.2. The number of hydrazine groups is 1. The van der Waals surface area contributed by atoms with E-state index in [2.05, 4.69) is 16.1 Å². The molecule has 0 spiro atoms. The minimum atomic E-state index is -0.969. The van der Waals surface area contributed by atoms with Gasteiger partial charge in [0.1, 0.15) is 0 Å². The van der Waals surface area contributed by atoms with Gasteiger partial charge in [-0.1, -0.05) is 12.1 Å². The Morgan fingerprint density at radius 1 is 1.17 bits per heavy atom. The number of rotatable bonds is 3. The van der Waals surface area contributed by atoms with Gasteiger partial charge in [-0.15, -0.1) is 11.8 Å². The Morgan fingerprint density at radius 3 is 2.58 bits per heavy atom. The molecular formula is C15H18N4O4S. The lowest BCUT2D eigenvalue weighted by Crippen LogP contribution is -2.50. The maximum absolute atomic E-state index is 12.0. The zero-order valence-electron chi connectivity index (χ0n) is 13.2. The van der Waals surface area contributed by atoms with Crippen LogP contribution in [0, 0.1) is 0 Å². The van der Waals surface area contributed by atoms with Gasteiger partial charge in [-0.25, -0.2) is 0 Å². The Labute approximate surface area is 143 Å². The quantitative estimate of drug-likeness (QED) is 0.458. The topological polar surface area (TPSA) is 116 Å². The van der Waals surface area contributed by atoms with Crippen LogP contribution in [-0.2, 0) is 19.2 Å². The maximum atomic E-state index is 12.0. The third-order valence-electron chi connectivity index (χ3n) is 3.02. The number of carbonyl (C=O) groups excluding carboxylic acids is 4. The van der Waals surface area contributed by atoms with Gasteiger partial charge in [0.25, 0.3) is 0 Å². The Hall–Kier alpha value is -2.55. The molecule has 0 saturated carbocycles. The average molecular weight is 350 g/mol. The van der Waals surface area contributed by atoms with Gasteiger partial charge in [-0.05, 0) is 26.0 Å². The van der Waals surface area contributed by atoms with Crippen molar-refractivity contribution in [2.45, 2.75) is 36.5 Å². The summed E-state index contributed by atoms with van der Waals surface area (Å²) >= 11 is 1.28. The Morgan fingerprint density at radius 2 is 1.88 bits per heavy atom. The van der Waals surface area contributed by atoms with E-state index >= 15 is 0 Å². The van der Waals surface area contributed by atoms with Crippen LogP contribution in [0.1, 0.15) is 20.3 Å². The highest BCUT2D eigenvalue weighted by Gasteiger charge is 2.29. The van der Waals surface area contributed by atoms with E-state index in [1.54, 1.807) is 19.9 Å². The van der Waals surface area contributed by atoms with E-state index in [9.17, 15) is 19.2 Å². The number of anilines is 1.